The zero-order valence-electron chi connectivity index (χ0n) is 12.2. The van der Waals surface area contributed by atoms with Crippen LogP contribution in [0.15, 0.2) is 0 Å². The number of nitrogens with zero attached hydrogens (tertiary/aromatic N) is 1. The minimum atomic E-state index is -3.10. The van der Waals surface area contributed by atoms with Gasteiger partial charge in [0.1, 0.15) is 0 Å². The first-order chi connectivity index (χ1) is 8.85. The molecule has 0 bridgehead atoms. The lowest BCUT2D eigenvalue weighted by atomic mass is 10.1. The fourth-order valence-corrected chi connectivity index (χ4v) is 3.79. The maximum absolute atomic E-state index is 11.9. The Morgan fingerprint density at radius 3 is 2.40 bits per heavy atom. The molecule has 8 heteroatoms. The van der Waals surface area contributed by atoms with Crippen molar-refractivity contribution in [2.45, 2.75) is 51.6 Å². The van der Waals surface area contributed by atoms with E-state index in [1.54, 1.807) is 6.92 Å². The molecule has 1 rings (SSSR count). The molecule has 0 aromatic rings. The van der Waals surface area contributed by atoms with E-state index >= 15 is 0 Å². The van der Waals surface area contributed by atoms with Crippen LogP contribution in [-0.2, 0) is 14.8 Å². The van der Waals surface area contributed by atoms with E-state index in [1.165, 1.54) is 4.31 Å². The monoisotopic (exact) mass is 327 g/mol. The Labute approximate surface area is 127 Å². The Morgan fingerprint density at radius 2 is 1.95 bits per heavy atom. The highest BCUT2D eigenvalue weighted by Gasteiger charge is 2.27. The molecule has 1 heterocycles. The number of nitrogens with two attached hydrogens (primary N) is 1. The largest absolute Gasteiger partial charge is 0.353 e. The molecule has 1 unspecified atom stereocenters. The number of amides is 1. The number of carbonyl (C=O) groups excluding carboxylic acids is 1. The minimum absolute atomic E-state index is 0. The third-order valence-electron chi connectivity index (χ3n) is 3.18. The number of nitrogens with one attached hydrogen (secondary N) is 1. The Bertz CT molecular complexity index is 393. The van der Waals surface area contributed by atoms with Crippen molar-refractivity contribution in [2.75, 3.05) is 18.8 Å². The second-order valence-corrected chi connectivity index (χ2v) is 7.33. The quantitative estimate of drug-likeness (QED) is 0.741. The Morgan fingerprint density at radius 1 is 1.40 bits per heavy atom. The van der Waals surface area contributed by atoms with Gasteiger partial charge < -0.3 is 11.1 Å². The van der Waals surface area contributed by atoms with Gasteiger partial charge in [-0.3, -0.25) is 4.79 Å². The molecule has 1 aliphatic rings. The molecule has 1 fully saturated rings. The van der Waals surface area contributed by atoms with Crippen LogP contribution in [0, 0.1) is 0 Å². The molecule has 0 saturated carbocycles. The Kier molecular flexibility index (Phi) is 8.65. The summed E-state index contributed by atoms with van der Waals surface area (Å²) in [5, 5.41) is 2.91. The summed E-state index contributed by atoms with van der Waals surface area (Å²) in [5.74, 6) is 0.152. The van der Waals surface area contributed by atoms with E-state index in [2.05, 4.69) is 5.32 Å². The molecule has 120 valence electrons. The van der Waals surface area contributed by atoms with E-state index in [1.807, 2.05) is 6.92 Å². The molecule has 1 atom stereocenters. The summed E-state index contributed by atoms with van der Waals surface area (Å²) in [7, 11) is -3.10. The molecule has 0 aromatic carbocycles. The van der Waals surface area contributed by atoms with Crippen LogP contribution in [0.1, 0.15) is 39.5 Å². The van der Waals surface area contributed by atoms with E-state index in [0.29, 0.717) is 38.8 Å². The molecule has 0 radical (unpaired) electrons. The lowest BCUT2D eigenvalue weighted by molar-refractivity contribution is -0.122. The molecule has 1 amide bonds. The zero-order chi connectivity index (χ0) is 14.5. The summed E-state index contributed by atoms with van der Waals surface area (Å²) in [6.45, 7) is 4.63. The van der Waals surface area contributed by atoms with Crippen LogP contribution in [-0.4, -0.2) is 49.6 Å². The number of piperidine rings is 1. The van der Waals surface area contributed by atoms with Crippen LogP contribution < -0.4 is 11.1 Å². The van der Waals surface area contributed by atoms with Crippen LogP contribution in [0.25, 0.3) is 0 Å². The number of hydrogen-bond acceptors (Lipinski definition) is 4. The molecule has 1 saturated heterocycles. The van der Waals surface area contributed by atoms with Gasteiger partial charge in [-0.1, -0.05) is 6.92 Å². The van der Waals surface area contributed by atoms with Crippen LogP contribution in [0.2, 0.25) is 0 Å². The minimum Gasteiger partial charge on any atom is -0.353 e. The predicted molar refractivity (Wildman–Crippen MR) is 82.3 cm³/mol. The average molecular weight is 328 g/mol. The van der Waals surface area contributed by atoms with E-state index in [0.717, 1.165) is 0 Å². The second kappa shape index (κ2) is 8.81. The summed E-state index contributed by atoms with van der Waals surface area (Å²) >= 11 is 0. The highest BCUT2D eigenvalue weighted by Crippen LogP contribution is 2.15. The van der Waals surface area contributed by atoms with Crippen LogP contribution in [0.3, 0.4) is 0 Å². The average Bonchev–Trinajstić information content (AvgIpc) is 2.28. The van der Waals surface area contributed by atoms with Crippen LogP contribution >= 0.6 is 12.4 Å². The van der Waals surface area contributed by atoms with Crippen molar-refractivity contribution in [3.63, 3.8) is 0 Å². The molecule has 0 aromatic heterocycles. The molecule has 0 aliphatic carbocycles. The molecular formula is C12H26ClN3O3S. The third-order valence-corrected chi connectivity index (χ3v) is 5.26. The highest BCUT2D eigenvalue weighted by atomic mass is 35.5. The van der Waals surface area contributed by atoms with Crippen molar-refractivity contribution < 1.29 is 13.2 Å². The molecule has 0 spiro atoms. The van der Waals surface area contributed by atoms with Gasteiger partial charge in [-0.15, -0.1) is 12.4 Å². The van der Waals surface area contributed by atoms with Crippen molar-refractivity contribution in [3.8, 4) is 0 Å². The van der Waals surface area contributed by atoms with E-state index in [-0.39, 0.29) is 36.2 Å². The van der Waals surface area contributed by atoms with Crippen LogP contribution in [0.5, 0.6) is 0 Å². The SMILES string of the molecule is CCCS(=O)(=O)N1CCC(NC(=O)CC(C)N)CC1.Cl. The first kappa shape index (κ1) is 19.6. The second-order valence-electron chi connectivity index (χ2n) is 5.24. The number of halogens is 1. The Hall–Kier alpha value is -0.370. The van der Waals surface area contributed by atoms with Crippen LogP contribution in [0.4, 0.5) is 0 Å². The van der Waals surface area contributed by atoms with Gasteiger partial charge in [0, 0.05) is 31.6 Å². The van der Waals surface area contributed by atoms with Crippen molar-refractivity contribution in [3.05, 3.63) is 0 Å². The molecule has 6 nitrogen and oxygen atoms in total. The molecule has 3 N–H and O–H groups in total. The maximum Gasteiger partial charge on any atom is 0.221 e. The van der Waals surface area contributed by atoms with E-state index in [4.69, 9.17) is 5.73 Å². The summed E-state index contributed by atoms with van der Waals surface area (Å²) in [6, 6.07) is -0.0793. The van der Waals surface area contributed by atoms with Gasteiger partial charge in [0.05, 0.1) is 5.75 Å². The predicted octanol–water partition coefficient (Wildman–Crippen LogP) is 0.466. The number of rotatable bonds is 6. The number of sulfonamides is 1. The smallest absolute Gasteiger partial charge is 0.221 e. The summed E-state index contributed by atoms with van der Waals surface area (Å²) < 4.78 is 25.3. The van der Waals surface area contributed by atoms with Gasteiger partial charge in [0.2, 0.25) is 15.9 Å². The Balaban J connectivity index is 0.00000361. The van der Waals surface area contributed by atoms with Crippen molar-refractivity contribution in [1.29, 1.82) is 0 Å². The zero-order valence-corrected chi connectivity index (χ0v) is 13.8. The highest BCUT2D eigenvalue weighted by molar-refractivity contribution is 7.89. The fraction of sp³-hybridized carbons (Fsp3) is 0.917. The van der Waals surface area contributed by atoms with Gasteiger partial charge in [0.25, 0.3) is 0 Å². The third kappa shape index (κ3) is 6.39. The summed E-state index contributed by atoms with van der Waals surface area (Å²) in [5.41, 5.74) is 5.56. The maximum atomic E-state index is 11.9. The molecule has 1 aliphatic heterocycles. The van der Waals surface area contributed by atoms with Crippen molar-refractivity contribution in [2.24, 2.45) is 5.73 Å². The molecular weight excluding hydrogens is 302 g/mol. The van der Waals surface area contributed by atoms with Gasteiger partial charge in [-0.25, -0.2) is 12.7 Å². The summed E-state index contributed by atoms with van der Waals surface area (Å²) in [4.78, 5) is 11.6. The number of hydrogen-bond donors (Lipinski definition) is 2. The fourth-order valence-electron chi connectivity index (χ4n) is 2.24. The van der Waals surface area contributed by atoms with E-state index < -0.39 is 10.0 Å². The lowest BCUT2D eigenvalue weighted by Crippen LogP contribution is -2.47. The van der Waals surface area contributed by atoms with Crippen molar-refractivity contribution in [1.82, 2.24) is 9.62 Å². The summed E-state index contributed by atoms with van der Waals surface area (Å²) in [6.07, 6.45) is 2.29. The van der Waals surface area contributed by atoms with Gasteiger partial charge in [-0.2, -0.15) is 0 Å². The topological polar surface area (TPSA) is 92.5 Å². The number of carbonyl (C=O) groups is 1. The first-order valence-corrected chi connectivity index (χ1v) is 8.49. The lowest BCUT2D eigenvalue weighted by Gasteiger charge is -2.31. The van der Waals surface area contributed by atoms with E-state index in [9.17, 15) is 13.2 Å². The van der Waals surface area contributed by atoms with Gasteiger partial charge >= 0.3 is 0 Å². The van der Waals surface area contributed by atoms with Gasteiger partial charge in [-0.05, 0) is 26.2 Å². The van der Waals surface area contributed by atoms with Gasteiger partial charge in [0.15, 0.2) is 0 Å². The standard InChI is InChI=1S/C12H25N3O3S.ClH/c1-3-8-19(17,18)15-6-4-11(5-7-15)14-12(16)9-10(2)13;/h10-11H,3-9,13H2,1-2H3,(H,14,16);1H. The first-order valence-electron chi connectivity index (χ1n) is 6.88. The van der Waals surface area contributed by atoms with Crippen molar-refractivity contribution >= 4 is 28.3 Å². The normalized spacial score (nSPS) is 19.1. The molecule has 20 heavy (non-hydrogen) atoms.